The first-order valence-electron chi connectivity index (χ1n) is 9.20. The molecule has 1 amide bonds. The molecule has 0 fully saturated rings. The number of nitrogens with one attached hydrogen (secondary N) is 1. The molecule has 0 aliphatic rings. The van der Waals surface area contributed by atoms with E-state index in [1.54, 1.807) is 6.08 Å². The fourth-order valence-corrected chi connectivity index (χ4v) is 3.56. The van der Waals surface area contributed by atoms with Crippen molar-refractivity contribution in [3.8, 4) is 0 Å². The van der Waals surface area contributed by atoms with E-state index in [1.807, 2.05) is 56.4 Å². The number of rotatable bonds is 5. The smallest absolute Gasteiger partial charge is 0.274 e. The monoisotopic (exact) mass is 387 g/mol. The molecule has 2 heterocycles. The molecular weight excluding hydrogens is 366 g/mol. The lowest BCUT2D eigenvalue weighted by Gasteiger charge is -2.07. The van der Waals surface area contributed by atoms with Gasteiger partial charge >= 0.3 is 0 Å². The Labute approximate surface area is 168 Å². The summed E-state index contributed by atoms with van der Waals surface area (Å²) in [6, 6.07) is 17.4. The molecule has 4 aromatic rings. The fraction of sp³-hybridized carbons (Fsp3) is 0.130. The van der Waals surface area contributed by atoms with E-state index in [1.165, 1.54) is 13.4 Å². The van der Waals surface area contributed by atoms with Crippen LogP contribution < -0.4 is 5.32 Å². The van der Waals surface area contributed by atoms with E-state index in [-0.39, 0.29) is 5.91 Å². The number of nitrogens with zero attached hydrogens (tertiary/aromatic N) is 2. The van der Waals surface area contributed by atoms with Crippen LogP contribution in [-0.2, 0) is 16.8 Å². The zero-order valence-corrected chi connectivity index (χ0v) is 16.5. The molecular formula is C23H21N3O3. The normalized spacial score (nSPS) is 11.4. The molecule has 0 saturated heterocycles. The maximum absolute atomic E-state index is 12.8. The SMILES string of the molecule is COO/C=C/c1ccc(NC(=O)c2cc3c4ccccc4n(C)c3c(C)n2)cc1. The summed E-state index contributed by atoms with van der Waals surface area (Å²) in [6.07, 6.45) is 3.20. The molecule has 2 aromatic heterocycles. The molecule has 0 aliphatic carbocycles. The largest absolute Gasteiger partial charge is 0.346 e. The van der Waals surface area contributed by atoms with Gasteiger partial charge in [0.25, 0.3) is 5.91 Å². The Kier molecular flexibility index (Phi) is 5.01. The molecule has 146 valence electrons. The first-order chi connectivity index (χ1) is 14.1. The van der Waals surface area contributed by atoms with Crippen LogP contribution in [0.2, 0.25) is 0 Å². The molecule has 29 heavy (non-hydrogen) atoms. The number of fused-ring (bicyclic) bond motifs is 3. The summed E-state index contributed by atoms with van der Waals surface area (Å²) in [6.45, 7) is 1.93. The number of hydrogen-bond donors (Lipinski definition) is 1. The second kappa shape index (κ2) is 7.77. The summed E-state index contributed by atoms with van der Waals surface area (Å²) < 4.78 is 2.12. The van der Waals surface area contributed by atoms with Gasteiger partial charge in [-0.05, 0) is 42.8 Å². The molecule has 0 unspecified atom stereocenters. The molecule has 6 nitrogen and oxygen atoms in total. The first kappa shape index (κ1) is 18.7. The maximum atomic E-state index is 12.8. The van der Waals surface area contributed by atoms with Gasteiger partial charge in [0.1, 0.15) is 12.0 Å². The fourth-order valence-electron chi connectivity index (χ4n) is 3.56. The van der Waals surface area contributed by atoms with E-state index >= 15 is 0 Å². The van der Waals surface area contributed by atoms with E-state index in [4.69, 9.17) is 4.89 Å². The van der Waals surface area contributed by atoms with Gasteiger partial charge in [-0.25, -0.2) is 4.98 Å². The number of anilines is 1. The highest BCUT2D eigenvalue weighted by atomic mass is 17.2. The molecule has 0 atom stereocenters. The Hall–Kier alpha value is -3.64. The highest BCUT2D eigenvalue weighted by Crippen LogP contribution is 2.30. The minimum atomic E-state index is -0.242. The topological polar surface area (TPSA) is 65.4 Å². The van der Waals surface area contributed by atoms with Gasteiger partial charge in [-0.3, -0.25) is 4.79 Å². The third kappa shape index (κ3) is 3.58. The van der Waals surface area contributed by atoms with Crippen LogP contribution in [0.1, 0.15) is 21.7 Å². The second-order valence-electron chi connectivity index (χ2n) is 6.71. The van der Waals surface area contributed by atoms with Crippen LogP contribution in [0.5, 0.6) is 0 Å². The number of aryl methyl sites for hydroxylation is 2. The van der Waals surface area contributed by atoms with Crippen molar-refractivity contribution in [2.75, 3.05) is 12.4 Å². The molecule has 2 aromatic carbocycles. The highest BCUT2D eigenvalue weighted by Gasteiger charge is 2.16. The Balaban J connectivity index is 1.63. The van der Waals surface area contributed by atoms with E-state index in [2.05, 4.69) is 31.9 Å². The Morgan fingerprint density at radius 2 is 1.86 bits per heavy atom. The number of para-hydroxylation sites is 1. The van der Waals surface area contributed by atoms with Gasteiger partial charge in [0.2, 0.25) is 0 Å². The van der Waals surface area contributed by atoms with Crippen molar-refractivity contribution in [1.82, 2.24) is 9.55 Å². The summed E-state index contributed by atoms with van der Waals surface area (Å²) in [5.74, 6) is -0.242. The van der Waals surface area contributed by atoms with E-state index in [9.17, 15) is 4.79 Å². The summed E-state index contributed by atoms with van der Waals surface area (Å²) in [7, 11) is 3.46. The predicted octanol–water partition coefficient (Wildman–Crippen LogP) is 4.84. The molecule has 4 rings (SSSR count). The molecule has 6 heteroatoms. The summed E-state index contributed by atoms with van der Waals surface area (Å²) in [4.78, 5) is 26.6. The van der Waals surface area contributed by atoms with Crippen LogP contribution in [-0.4, -0.2) is 22.6 Å². The van der Waals surface area contributed by atoms with Crippen molar-refractivity contribution >= 4 is 39.5 Å². The van der Waals surface area contributed by atoms with Gasteiger partial charge in [0, 0.05) is 29.0 Å². The van der Waals surface area contributed by atoms with Crippen LogP contribution in [0.25, 0.3) is 27.9 Å². The lowest BCUT2D eigenvalue weighted by Crippen LogP contribution is -2.14. The number of hydrogen-bond acceptors (Lipinski definition) is 4. The number of carbonyl (C=O) groups is 1. The molecule has 0 saturated carbocycles. The van der Waals surface area contributed by atoms with E-state index in [0.717, 1.165) is 33.1 Å². The van der Waals surface area contributed by atoms with Crippen LogP contribution in [0, 0.1) is 6.92 Å². The predicted molar refractivity (Wildman–Crippen MR) is 114 cm³/mol. The number of benzene rings is 2. The van der Waals surface area contributed by atoms with Crippen molar-refractivity contribution in [3.63, 3.8) is 0 Å². The van der Waals surface area contributed by atoms with Gasteiger partial charge < -0.3 is 14.8 Å². The highest BCUT2D eigenvalue weighted by molar-refractivity contribution is 6.12. The first-order valence-corrected chi connectivity index (χ1v) is 9.20. The van der Waals surface area contributed by atoms with Gasteiger partial charge in [-0.1, -0.05) is 30.3 Å². The third-order valence-corrected chi connectivity index (χ3v) is 4.87. The van der Waals surface area contributed by atoms with Crippen LogP contribution in [0.15, 0.2) is 60.9 Å². The lowest BCUT2D eigenvalue weighted by molar-refractivity contribution is -0.221. The number of amides is 1. The molecule has 0 radical (unpaired) electrons. The van der Waals surface area contributed by atoms with Crippen molar-refractivity contribution in [3.05, 3.63) is 77.8 Å². The van der Waals surface area contributed by atoms with Crippen LogP contribution in [0.3, 0.4) is 0 Å². The molecule has 0 bridgehead atoms. The van der Waals surface area contributed by atoms with Gasteiger partial charge in [0.05, 0.1) is 18.3 Å². The second-order valence-corrected chi connectivity index (χ2v) is 6.71. The van der Waals surface area contributed by atoms with Gasteiger partial charge in [0.15, 0.2) is 0 Å². The Morgan fingerprint density at radius 1 is 1.10 bits per heavy atom. The van der Waals surface area contributed by atoms with Crippen molar-refractivity contribution in [1.29, 1.82) is 0 Å². The number of aromatic nitrogens is 2. The Morgan fingerprint density at radius 3 is 2.62 bits per heavy atom. The van der Waals surface area contributed by atoms with Crippen LogP contribution in [0.4, 0.5) is 5.69 Å². The minimum absolute atomic E-state index is 0.242. The van der Waals surface area contributed by atoms with E-state index < -0.39 is 0 Å². The molecule has 0 spiro atoms. The van der Waals surface area contributed by atoms with Crippen molar-refractivity contribution in [2.45, 2.75) is 6.92 Å². The quantitative estimate of drug-likeness (QED) is 0.302. The molecule has 1 N–H and O–H groups in total. The summed E-state index contributed by atoms with van der Waals surface area (Å²) in [5.41, 5.74) is 4.99. The van der Waals surface area contributed by atoms with Gasteiger partial charge in [-0.15, -0.1) is 0 Å². The average molecular weight is 387 g/mol. The zero-order valence-electron chi connectivity index (χ0n) is 16.5. The Bertz CT molecular complexity index is 1220. The van der Waals surface area contributed by atoms with Crippen molar-refractivity contribution < 1.29 is 14.6 Å². The average Bonchev–Trinajstić information content (AvgIpc) is 3.02. The van der Waals surface area contributed by atoms with Crippen molar-refractivity contribution in [2.24, 2.45) is 7.05 Å². The van der Waals surface area contributed by atoms with E-state index in [0.29, 0.717) is 11.4 Å². The standard InChI is InChI=1S/C23H21N3O3/c1-15-22-19(18-6-4-5-7-21(18)26(22)2)14-20(24-15)23(27)25-17-10-8-16(9-11-17)12-13-29-28-3/h4-14H,1-3H3,(H,25,27)/b13-12+. The number of pyridine rings is 1. The van der Waals surface area contributed by atoms with Crippen LogP contribution >= 0.6 is 0 Å². The summed E-state index contributed by atoms with van der Waals surface area (Å²) >= 11 is 0. The third-order valence-electron chi connectivity index (χ3n) is 4.87. The lowest BCUT2D eigenvalue weighted by atomic mass is 10.1. The minimum Gasteiger partial charge on any atom is -0.346 e. The summed E-state index contributed by atoms with van der Waals surface area (Å²) in [5, 5.41) is 5.05. The zero-order chi connectivity index (χ0) is 20.4. The van der Waals surface area contributed by atoms with Gasteiger partial charge in [-0.2, -0.15) is 4.89 Å². The maximum Gasteiger partial charge on any atom is 0.274 e. The number of carbonyl (C=O) groups excluding carboxylic acids is 1. The molecule has 0 aliphatic heterocycles.